The zero-order valence-corrected chi connectivity index (χ0v) is 23.0. The van der Waals surface area contributed by atoms with Crippen molar-refractivity contribution in [3.63, 3.8) is 0 Å². The van der Waals surface area contributed by atoms with Crippen molar-refractivity contribution in [2.45, 2.75) is 85.0 Å². The fourth-order valence-corrected chi connectivity index (χ4v) is 4.80. The molecule has 0 aliphatic carbocycles. The number of thiazole rings is 1. The number of carbonyl (C=O) groups is 2. The summed E-state index contributed by atoms with van der Waals surface area (Å²) in [6.45, 7) is 7.35. The third kappa shape index (κ3) is 8.33. The second-order valence-corrected chi connectivity index (χ2v) is 11.2. The first-order chi connectivity index (χ1) is 17.6. The van der Waals surface area contributed by atoms with Crippen LogP contribution in [0, 0.1) is 17.3 Å². The van der Waals surface area contributed by atoms with E-state index in [0.29, 0.717) is 16.3 Å². The van der Waals surface area contributed by atoms with Crippen LogP contribution >= 0.6 is 11.3 Å². The summed E-state index contributed by atoms with van der Waals surface area (Å²) >= 11 is 1.21. The monoisotopic (exact) mass is 559 g/mol. The molecule has 1 aliphatic rings. The molecule has 38 heavy (non-hydrogen) atoms. The number of halogens is 3. The van der Waals surface area contributed by atoms with Gasteiger partial charge >= 0.3 is 12.1 Å². The quantitative estimate of drug-likeness (QED) is 0.361. The van der Waals surface area contributed by atoms with Crippen molar-refractivity contribution in [2.75, 3.05) is 0 Å². The van der Waals surface area contributed by atoms with Gasteiger partial charge in [0, 0.05) is 29.2 Å². The highest BCUT2D eigenvalue weighted by Gasteiger charge is 2.42. The van der Waals surface area contributed by atoms with E-state index in [1.165, 1.54) is 44.3 Å². The van der Waals surface area contributed by atoms with Crippen molar-refractivity contribution in [2.24, 2.45) is 17.3 Å². The van der Waals surface area contributed by atoms with E-state index in [1.807, 2.05) is 0 Å². The van der Waals surface area contributed by atoms with Gasteiger partial charge in [-0.2, -0.15) is 13.2 Å². The van der Waals surface area contributed by atoms with Crippen LogP contribution in [0.2, 0.25) is 0 Å². The number of esters is 1. The Hall–Kier alpha value is -2.34. The number of aliphatic hydroxyl groups excluding tert-OH is 3. The number of nitrogens with zero attached hydrogens (tertiary/aromatic N) is 1. The van der Waals surface area contributed by atoms with Crippen molar-refractivity contribution < 1.29 is 42.8 Å². The molecule has 0 radical (unpaired) electrons. The first-order valence-electron chi connectivity index (χ1n) is 12.3. The summed E-state index contributed by atoms with van der Waals surface area (Å²) in [5, 5.41) is 32.8. The number of carbonyl (C=O) groups excluding carboxylic acids is 2. The highest BCUT2D eigenvalue weighted by atomic mass is 32.1. The number of aromatic nitrogens is 1. The molecule has 0 spiro atoms. The van der Waals surface area contributed by atoms with Gasteiger partial charge in [-0.25, -0.2) is 4.98 Å². The second-order valence-electron chi connectivity index (χ2n) is 10.2. The minimum atomic E-state index is -4.64. The third-order valence-corrected chi connectivity index (χ3v) is 7.73. The maximum Gasteiger partial charge on any atom is 0.412 e. The highest BCUT2D eigenvalue weighted by Crippen LogP contribution is 2.33. The Morgan fingerprint density at radius 1 is 1.26 bits per heavy atom. The topological polar surface area (TPSA) is 117 Å². The number of alkyl halides is 3. The van der Waals surface area contributed by atoms with Gasteiger partial charge in [-0.05, 0) is 25.0 Å². The van der Waals surface area contributed by atoms with Crippen LogP contribution < -0.4 is 0 Å². The molecule has 11 heteroatoms. The van der Waals surface area contributed by atoms with Crippen LogP contribution in [0.3, 0.4) is 0 Å². The number of aliphatic hydroxyl groups is 3. The van der Waals surface area contributed by atoms with Gasteiger partial charge in [-0.15, -0.1) is 11.3 Å². The molecule has 0 bridgehead atoms. The molecule has 2 heterocycles. The number of rotatable bonds is 3. The molecule has 1 aromatic heterocycles. The fraction of sp³-hybridized carbons (Fsp3) is 0.593. The van der Waals surface area contributed by atoms with Gasteiger partial charge in [0.15, 0.2) is 0 Å². The fourth-order valence-electron chi connectivity index (χ4n) is 4.19. The Bertz CT molecular complexity index is 1080. The average Bonchev–Trinajstić information content (AvgIpc) is 3.29. The van der Waals surface area contributed by atoms with Crippen LogP contribution in [0.15, 0.2) is 34.8 Å². The molecule has 2 rings (SSSR count). The first-order valence-corrected chi connectivity index (χ1v) is 13.2. The van der Waals surface area contributed by atoms with Crippen molar-refractivity contribution in [3.8, 4) is 0 Å². The molecule has 3 N–H and O–H groups in total. The molecule has 0 aromatic carbocycles. The summed E-state index contributed by atoms with van der Waals surface area (Å²) in [5.74, 6) is -2.94. The lowest BCUT2D eigenvalue weighted by Crippen LogP contribution is -2.45. The van der Waals surface area contributed by atoms with E-state index in [0.717, 1.165) is 6.08 Å². The number of allylic oxidation sites excluding steroid dienone is 2. The van der Waals surface area contributed by atoms with E-state index in [-0.39, 0.29) is 13.0 Å². The van der Waals surface area contributed by atoms with Gasteiger partial charge in [0.25, 0.3) is 0 Å². The van der Waals surface area contributed by atoms with Crippen molar-refractivity contribution in [1.29, 1.82) is 0 Å². The van der Waals surface area contributed by atoms with E-state index in [1.54, 1.807) is 25.3 Å². The Labute approximate surface area is 224 Å². The summed E-state index contributed by atoms with van der Waals surface area (Å²) in [6.07, 6.45) is -4.45. The summed E-state index contributed by atoms with van der Waals surface area (Å²) in [4.78, 5) is 30.1. The minimum absolute atomic E-state index is 0.262. The minimum Gasteiger partial charge on any atom is -0.457 e. The van der Waals surface area contributed by atoms with Gasteiger partial charge in [-0.3, -0.25) is 9.59 Å². The Morgan fingerprint density at radius 2 is 1.92 bits per heavy atom. The SMILES string of the molecule is C/C(=C\c1csc(CO)n1)[C@@H]1C/C=C(/C(F)(F)F)C/C=C/C(C)C(O)C(C)C(=O)C(C)(C)[C@@H](O)CC(=O)O1. The molecule has 0 fully saturated rings. The van der Waals surface area contributed by atoms with E-state index in [4.69, 9.17) is 4.74 Å². The molecular formula is C27H36F3NO6S. The smallest absolute Gasteiger partial charge is 0.412 e. The van der Waals surface area contributed by atoms with E-state index < -0.39 is 71.9 Å². The number of cyclic esters (lactones) is 1. The lowest BCUT2D eigenvalue weighted by Gasteiger charge is -2.34. The van der Waals surface area contributed by atoms with Crippen LogP contribution in [0.5, 0.6) is 0 Å². The molecule has 5 atom stereocenters. The molecule has 0 saturated heterocycles. The molecule has 1 aromatic rings. The van der Waals surface area contributed by atoms with Gasteiger partial charge < -0.3 is 20.1 Å². The third-order valence-electron chi connectivity index (χ3n) is 6.87. The van der Waals surface area contributed by atoms with Gasteiger partial charge in [0.05, 0.1) is 36.3 Å². The van der Waals surface area contributed by atoms with Crippen LogP contribution in [-0.4, -0.2) is 56.5 Å². The normalized spacial score (nSPS) is 30.9. The van der Waals surface area contributed by atoms with Crippen molar-refractivity contribution in [3.05, 3.63) is 45.5 Å². The number of Topliss-reactive ketones (excluding diaryl/α,β-unsaturated/α-hetero) is 1. The van der Waals surface area contributed by atoms with Gasteiger partial charge in [0.1, 0.15) is 16.9 Å². The second kappa shape index (κ2) is 13.1. The predicted molar refractivity (Wildman–Crippen MR) is 138 cm³/mol. The summed E-state index contributed by atoms with van der Waals surface area (Å²) < 4.78 is 46.8. The first kappa shape index (κ1) is 31.9. The Morgan fingerprint density at radius 3 is 2.50 bits per heavy atom. The lowest BCUT2D eigenvalue weighted by molar-refractivity contribution is -0.154. The van der Waals surface area contributed by atoms with Crippen LogP contribution in [-0.2, 0) is 20.9 Å². The Balaban J connectivity index is 2.50. The van der Waals surface area contributed by atoms with Crippen molar-refractivity contribution in [1.82, 2.24) is 4.98 Å². The molecule has 212 valence electrons. The standard InChI is InChI=1S/C27H36F3NO6S/c1-15-7-6-8-18(27(28,29)30)9-10-20(16(2)11-19-14-38-22(13-32)31-19)37-23(34)12-21(33)26(4,5)25(36)17(3)24(15)35/h6-7,9,11,14-15,17,20-21,24,32-33,35H,8,10,12-13H2,1-5H3/b7-6+,16-11+,18-9+/t15?,17?,20-,21-,24?/m0/s1. The largest absolute Gasteiger partial charge is 0.457 e. The molecule has 7 nitrogen and oxygen atoms in total. The Kier molecular flexibility index (Phi) is 11.0. The average molecular weight is 560 g/mol. The molecule has 3 unspecified atom stereocenters. The van der Waals surface area contributed by atoms with Crippen molar-refractivity contribution >= 4 is 29.2 Å². The van der Waals surface area contributed by atoms with E-state index in [2.05, 4.69) is 4.98 Å². The molecule has 0 saturated carbocycles. The molecule has 1 aliphatic heterocycles. The number of ether oxygens (including phenoxy) is 1. The van der Waals surface area contributed by atoms with Gasteiger partial charge in [-0.1, -0.05) is 45.9 Å². The lowest BCUT2D eigenvalue weighted by atomic mass is 9.73. The summed E-state index contributed by atoms with van der Waals surface area (Å²) in [5.41, 5.74) is -1.38. The summed E-state index contributed by atoms with van der Waals surface area (Å²) in [7, 11) is 0. The number of hydrogen-bond acceptors (Lipinski definition) is 8. The molecular weight excluding hydrogens is 523 g/mol. The van der Waals surface area contributed by atoms with Crippen LogP contribution in [0.25, 0.3) is 6.08 Å². The van der Waals surface area contributed by atoms with E-state index in [9.17, 15) is 38.1 Å². The highest BCUT2D eigenvalue weighted by molar-refractivity contribution is 7.09. The predicted octanol–water partition coefficient (Wildman–Crippen LogP) is 4.77. The maximum absolute atomic E-state index is 13.8. The van der Waals surface area contributed by atoms with E-state index >= 15 is 0 Å². The zero-order chi connectivity index (χ0) is 28.8. The maximum atomic E-state index is 13.8. The van der Waals surface area contributed by atoms with Crippen LogP contribution in [0.4, 0.5) is 13.2 Å². The number of ketones is 1. The zero-order valence-electron chi connectivity index (χ0n) is 22.2. The van der Waals surface area contributed by atoms with Crippen LogP contribution in [0.1, 0.15) is 64.6 Å². The summed E-state index contributed by atoms with van der Waals surface area (Å²) in [6, 6.07) is 0. The number of hydrogen-bond donors (Lipinski definition) is 3. The van der Waals surface area contributed by atoms with Gasteiger partial charge in [0.2, 0.25) is 0 Å². The molecule has 0 amide bonds.